The highest BCUT2D eigenvalue weighted by Crippen LogP contribution is 2.20. The maximum atomic E-state index is 11.4. The quantitative estimate of drug-likeness (QED) is 0.844. The average Bonchev–Trinajstić information content (AvgIpc) is 2.38. The Kier molecular flexibility index (Phi) is 3.69. The van der Waals surface area contributed by atoms with Gasteiger partial charge in [0.1, 0.15) is 5.82 Å². The summed E-state index contributed by atoms with van der Waals surface area (Å²) in [6.45, 7) is 5.32. The Balaban J connectivity index is 2.38. The van der Waals surface area contributed by atoms with Crippen LogP contribution >= 0.6 is 0 Å². The monoisotopic (exact) mass is 263 g/mol. The van der Waals surface area contributed by atoms with E-state index in [4.69, 9.17) is 5.11 Å². The van der Waals surface area contributed by atoms with Gasteiger partial charge in [-0.15, -0.1) is 0 Å². The topological polar surface area (TPSA) is 82.5 Å². The number of pyridine rings is 1. The smallest absolute Gasteiger partial charge is 0.335 e. The van der Waals surface area contributed by atoms with E-state index in [9.17, 15) is 9.59 Å². The van der Waals surface area contributed by atoms with Gasteiger partial charge < -0.3 is 15.3 Å². The van der Waals surface area contributed by atoms with Crippen LogP contribution in [-0.2, 0) is 4.79 Å². The van der Waals surface area contributed by atoms with Crippen molar-refractivity contribution in [3.63, 3.8) is 0 Å². The molecule has 1 aromatic rings. The highest BCUT2D eigenvalue weighted by atomic mass is 16.4. The number of carboxylic acid groups (broad SMARTS) is 1. The summed E-state index contributed by atoms with van der Waals surface area (Å²) in [7, 11) is 0. The summed E-state index contributed by atoms with van der Waals surface area (Å²) in [5.41, 5.74) is 0.931. The van der Waals surface area contributed by atoms with Gasteiger partial charge in [0.2, 0.25) is 5.91 Å². The van der Waals surface area contributed by atoms with Crippen molar-refractivity contribution in [1.29, 1.82) is 0 Å². The molecule has 0 radical (unpaired) electrons. The van der Waals surface area contributed by atoms with E-state index in [0.29, 0.717) is 18.9 Å². The van der Waals surface area contributed by atoms with Gasteiger partial charge in [-0.2, -0.15) is 0 Å². The first-order valence-electron chi connectivity index (χ1n) is 6.24. The molecule has 0 saturated carbocycles. The van der Waals surface area contributed by atoms with Crippen molar-refractivity contribution >= 4 is 17.7 Å². The maximum absolute atomic E-state index is 11.4. The number of anilines is 1. The number of aromatic carboxylic acids is 1. The zero-order valence-electron chi connectivity index (χ0n) is 11.0. The molecule has 2 rings (SSSR count). The number of hydrogen-bond acceptors (Lipinski definition) is 4. The molecule has 0 aliphatic carbocycles. The molecular formula is C13H17N3O3. The number of aromatic nitrogens is 1. The number of carbonyl (C=O) groups is 2. The molecule has 0 atom stereocenters. The summed E-state index contributed by atoms with van der Waals surface area (Å²) >= 11 is 0. The van der Waals surface area contributed by atoms with E-state index in [1.54, 1.807) is 11.0 Å². The molecule has 1 amide bonds. The normalized spacial score (nSPS) is 15.5. The number of nitrogens with zero attached hydrogens (tertiary/aromatic N) is 2. The van der Waals surface area contributed by atoms with Crippen LogP contribution in [0.15, 0.2) is 12.1 Å². The molecular weight excluding hydrogens is 246 g/mol. The third-order valence-corrected chi connectivity index (χ3v) is 3.03. The molecule has 2 N–H and O–H groups in total. The summed E-state index contributed by atoms with van der Waals surface area (Å²) in [5.74, 6) is -0.359. The molecule has 1 aliphatic heterocycles. The first-order chi connectivity index (χ1) is 8.97. The van der Waals surface area contributed by atoms with Crippen molar-refractivity contribution in [3.05, 3.63) is 23.4 Å². The molecule has 1 saturated heterocycles. The lowest BCUT2D eigenvalue weighted by Gasteiger charge is -2.28. The summed E-state index contributed by atoms with van der Waals surface area (Å²) < 4.78 is 0. The molecule has 0 bridgehead atoms. The Morgan fingerprint density at radius 3 is 2.79 bits per heavy atom. The zero-order chi connectivity index (χ0) is 14.0. The lowest BCUT2D eigenvalue weighted by molar-refractivity contribution is -0.120. The van der Waals surface area contributed by atoms with Crippen molar-refractivity contribution in [3.8, 4) is 0 Å². The van der Waals surface area contributed by atoms with Crippen molar-refractivity contribution in [2.24, 2.45) is 0 Å². The molecule has 0 unspecified atom stereocenters. The van der Waals surface area contributed by atoms with Crippen LogP contribution in [0, 0.1) is 0 Å². The summed E-state index contributed by atoms with van der Waals surface area (Å²) in [6, 6.07) is 3.10. The van der Waals surface area contributed by atoms with Gasteiger partial charge in [0.15, 0.2) is 0 Å². The molecule has 102 valence electrons. The van der Waals surface area contributed by atoms with Crippen molar-refractivity contribution < 1.29 is 14.7 Å². The fourth-order valence-electron chi connectivity index (χ4n) is 1.95. The molecule has 19 heavy (non-hydrogen) atoms. The molecule has 0 spiro atoms. The molecule has 2 heterocycles. The minimum Gasteiger partial charge on any atom is -0.478 e. The predicted octanol–water partition coefficient (Wildman–Crippen LogP) is 0.839. The Bertz CT molecular complexity index is 514. The summed E-state index contributed by atoms with van der Waals surface area (Å²) in [6.07, 6.45) is 0. The Morgan fingerprint density at radius 1 is 1.47 bits per heavy atom. The SMILES string of the molecule is CC(C)c1cc(C(=O)O)cc(N2CCNC(=O)C2)n1. The van der Waals surface area contributed by atoms with Crippen LogP contribution < -0.4 is 10.2 Å². The fourth-order valence-corrected chi connectivity index (χ4v) is 1.95. The predicted molar refractivity (Wildman–Crippen MR) is 70.5 cm³/mol. The number of piperazine rings is 1. The number of carbonyl (C=O) groups excluding carboxylic acids is 1. The number of amides is 1. The third-order valence-electron chi connectivity index (χ3n) is 3.03. The van der Waals surface area contributed by atoms with Crippen LogP contribution in [0.1, 0.15) is 35.8 Å². The maximum Gasteiger partial charge on any atom is 0.335 e. The first kappa shape index (κ1) is 13.3. The van der Waals surface area contributed by atoms with E-state index in [1.165, 1.54) is 6.07 Å². The number of nitrogens with one attached hydrogen (secondary N) is 1. The van der Waals surface area contributed by atoms with Gasteiger partial charge >= 0.3 is 5.97 Å². The molecule has 6 heteroatoms. The van der Waals surface area contributed by atoms with Crippen molar-refractivity contribution in [2.45, 2.75) is 19.8 Å². The Hall–Kier alpha value is -2.11. The Morgan fingerprint density at radius 2 is 2.21 bits per heavy atom. The highest BCUT2D eigenvalue weighted by Gasteiger charge is 2.20. The van der Waals surface area contributed by atoms with Crippen LogP contribution in [0.5, 0.6) is 0 Å². The second kappa shape index (κ2) is 5.26. The third kappa shape index (κ3) is 3.01. The van der Waals surface area contributed by atoms with Gasteiger partial charge in [-0.05, 0) is 18.1 Å². The van der Waals surface area contributed by atoms with Gasteiger partial charge in [0, 0.05) is 18.8 Å². The van der Waals surface area contributed by atoms with Gasteiger partial charge in [0.05, 0.1) is 12.1 Å². The van der Waals surface area contributed by atoms with Crippen LogP contribution in [0.4, 0.5) is 5.82 Å². The van der Waals surface area contributed by atoms with E-state index in [0.717, 1.165) is 5.69 Å². The molecule has 6 nitrogen and oxygen atoms in total. The standard InChI is InChI=1S/C13H17N3O3/c1-8(2)10-5-9(13(18)19)6-11(15-10)16-4-3-14-12(17)7-16/h5-6,8H,3-4,7H2,1-2H3,(H,14,17)(H,18,19). The number of carboxylic acids is 1. The van der Waals surface area contributed by atoms with Gasteiger partial charge in [-0.25, -0.2) is 9.78 Å². The van der Waals surface area contributed by atoms with E-state index in [-0.39, 0.29) is 23.9 Å². The van der Waals surface area contributed by atoms with Gasteiger partial charge in [-0.3, -0.25) is 4.79 Å². The van der Waals surface area contributed by atoms with E-state index in [1.807, 2.05) is 13.8 Å². The second-order valence-electron chi connectivity index (χ2n) is 4.87. The average molecular weight is 263 g/mol. The van der Waals surface area contributed by atoms with Crippen LogP contribution in [-0.4, -0.2) is 41.6 Å². The summed E-state index contributed by atoms with van der Waals surface area (Å²) in [4.78, 5) is 28.8. The van der Waals surface area contributed by atoms with Crippen LogP contribution in [0.25, 0.3) is 0 Å². The largest absolute Gasteiger partial charge is 0.478 e. The van der Waals surface area contributed by atoms with E-state index >= 15 is 0 Å². The fraction of sp³-hybridized carbons (Fsp3) is 0.462. The number of hydrogen-bond donors (Lipinski definition) is 2. The minimum absolute atomic E-state index is 0.0696. The second-order valence-corrected chi connectivity index (χ2v) is 4.87. The van der Waals surface area contributed by atoms with Crippen molar-refractivity contribution in [1.82, 2.24) is 10.3 Å². The lowest BCUT2D eigenvalue weighted by atomic mass is 10.1. The van der Waals surface area contributed by atoms with E-state index in [2.05, 4.69) is 10.3 Å². The zero-order valence-corrected chi connectivity index (χ0v) is 11.0. The van der Waals surface area contributed by atoms with E-state index < -0.39 is 5.97 Å². The number of rotatable bonds is 3. The van der Waals surface area contributed by atoms with Crippen molar-refractivity contribution in [2.75, 3.05) is 24.5 Å². The summed E-state index contributed by atoms with van der Waals surface area (Å²) in [5, 5.41) is 11.9. The Labute approximate surface area is 111 Å². The highest BCUT2D eigenvalue weighted by molar-refractivity contribution is 5.89. The van der Waals surface area contributed by atoms with Gasteiger partial charge in [-0.1, -0.05) is 13.8 Å². The molecule has 1 aliphatic rings. The van der Waals surface area contributed by atoms with Crippen LogP contribution in [0.2, 0.25) is 0 Å². The molecule has 1 aromatic heterocycles. The first-order valence-corrected chi connectivity index (χ1v) is 6.24. The molecule has 0 aromatic carbocycles. The van der Waals surface area contributed by atoms with Gasteiger partial charge in [0.25, 0.3) is 0 Å². The lowest BCUT2D eigenvalue weighted by Crippen LogP contribution is -2.48. The van der Waals surface area contributed by atoms with Crippen LogP contribution in [0.3, 0.4) is 0 Å². The molecule has 1 fully saturated rings. The minimum atomic E-state index is -0.980.